The van der Waals surface area contributed by atoms with Crippen molar-refractivity contribution < 1.29 is 9.21 Å². The Morgan fingerprint density at radius 3 is 2.71 bits per heavy atom. The number of hydrogen-bond donors (Lipinski definition) is 1. The summed E-state index contributed by atoms with van der Waals surface area (Å²) in [4.78, 5) is 16.8. The Labute approximate surface area is 183 Å². The third-order valence-corrected chi connectivity index (χ3v) is 5.40. The lowest BCUT2D eigenvalue weighted by molar-refractivity contribution is -0.111. The molecule has 1 amide bonds. The maximum atomic E-state index is 12.2. The molecule has 0 saturated carbocycles. The first-order chi connectivity index (χ1) is 13.6. The summed E-state index contributed by atoms with van der Waals surface area (Å²) in [6, 6.07) is 21.1. The molecule has 1 aromatic heterocycles. The lowest BCUT2D eigenvalue weighted by Gasteiger charge is -2.01. The zero-order valence-corrected chi connectivity index (χ0v) is 18.3. The van der Waals surface area contributed by atoms with Crippen LogP contribution in [0.5, 0.6) is 0 Å². The zero-order valence-electron chi connectivity index (χ0n) is 14.5. The third-order valence-electron chi connectivity index (χ3n) is 4.04. The number of nitrogens with one attached hydrogen (secondary N) is 1. The normalized spacial score (nSPS) is 11.2. The van der Waals surface area contributed by atoms with E-state index in [1.54, 1.807) is 18.2 Å². The Kier molecular flexibility index (Phi) is 5.59. The first-order valence-corrected chi connectivity index (χ1v) is 10.4. The van der Waals surface area contributed by atoms with Crippen molar-refractivity contribution >= 4 is 67.3 Å². The molecule has 0 bridgehead atoms. The van der Waals surface area contributed by atoms with Gasteiger partial charge in [-0.2, -0.15) is 0 Å². The Balaban J connectivity index is 1.56. The molecule has 0 aliphatic heterocycles. The highest BCUT2D eigenvalue weighted by Gasteiger charge is 2.12. The molecule has 0 radical (unpaired) electrons. The molecule has 4 rings (SSSR count). The van der Waals surface area contributed by atoms with Crippen LogP contribution in [-0.2, 0) is 4.79 Å². The molecule has 28 heavy (non-hydrogen) atoms. The maximum Gasteiger partial charge on any atom is 0.248 e. The fourth-order valence-electron chi connectivity index (χ4n) is 2.70. The summed E-state index contributed by atoms with van der Waals surface area (Å²) in [5.41, 5.74) is 3.87. The van der Waals surface area contributed by atoms with Crippen LogP contribution in [0.15, 0.2) is 81.7 Å². The Morgan fingerprint density at radius 2 is 1.89 bits per heavy atom. The van der Waals surface area contributed by atoms with Gasteiger partial charge in [-0.05, 0) is 86.6 Å². The van der Waals surface area contributed by atoms with Crippen molar-refractivity contribution in [3.63, 3.8) is 0 Å². The van der Waals surface area contributed by atoms with Gasteiger partial charge in [0.15, 0.2) is 5.58 Å². The number of amides is 1. The van der Waals surface area contributed by atoms with E-state index in [0.29, 0.717) is 22.7 Å². The van der Waals surface area contributed by atoms with Crippen molar-refractivity contribution in [2.75, 3.05) is 5.32 Å². The number of anilines is 1. The van der Waals surface area contributed by atoms with E-state index < -0.39 is 0 Å². The lowest BCUT2D eigenvalue weighted by atomic mass is 10.2. The van der Waals surface area contributed by atoms with Crippen molar-refractivity contribution in [3.8, 4) is 11.5 Å². The summed E-state index contributed by atoms with van der Waals surface area (Å²) in [5, 5.41) is 2.86. The van der Waals surface area contributed by atoms with Gasteiger partial charge in [-0.25, -0.2) is 4.98 Å². The monoisotopic (exact) mass is 544 g/mol. The fourth-order valence-corrected chi connectivity index (χ4v) is 3.61. The molecule has 6 heteroatoms. The van der Waals surface area contributed by atoms with Gasteiger partial charge in [0, 0.05) is 19.8 Å². The number of rotatable bonds is 4. The van der Waals surface area contributed by atoms with Crippen molar-refractivity contribution in [1.29, 1.82) is 0 Å². The number of aromatic nitrogens is 1. The van der Waals surface area contributed by atoms with E-state index in [1.165, 1.54) is 6.08 Å². The van der Waals surface area contributed by atoms with Gasteiger partial charge in [0.1, 0.15) is 5.52 Å². The number of benzene rings is 3. The van der Waals surface area contributed by atoms with Crippen LogP contribution in [0.2, 0.25) is 0 Å². The molecule has 138 valence electrons. The van der Waals surface area contributed by atoms with Crippen LogP contribution in [0.25, 0.3) is 28.6 Å². The van der Waals surface area contributed by atoms with E-state index in [2.05, 4.69) is 48.8 Å². The first-order valence-electron chi connectivity index (χ1n) is 8.48. The molecule has 1 N–H and O–H groups in total. The van der Waals surface area contributed by atoms with Crippen LogP contribution in [0.4, 0.5) is 5.69 Å². The van der Waals surface area contributed by atoms with Crippen LogP contribution in [0.1, 0.15) is 5.56 Å². The highest BCUT2D eigenvalue weighted by atomic mass is 127. The summed E-state index contributed by atoms with van der Waals surface area (Å²) < 4.78 is 7.89. The second-order valence-electron chi connectivity index (χ2n) is 6.06. The number of fused-ring (bicyclic) bond motifs is 1. The molecule has 0 unspecified atom stereocenters. The van der Waals surface area contributed by atoms with Gasteiger partial charge in [-0.3, -0.25) is 4.79 Å². The van der Waals surface area contributed by atoms with E-state index in [4.69, 9.17) is 4.42 Å². The molecule has 0 aliphatic carbocycles. The average molecular weight is 545 g/mol. The SMILES string of the molecule is O=C(C=Cc1ccccc1)Nc1ccc2oc(-c3cc(I)ccc3Br)nc2c1. The second-order valence-corrected chi connectivity index (χ2v) is 8.16. The van der Waals surface area contributed by atoms with Crippen LogP contribution in [0.3, 0.4) is 0 Å². The van der Waals surface area contributed by atoms with Crippen LogP contribution in [-0.4, -0.2) is 10.9 Å². The van der Waals surface area contributed by atoms with Crippen LogP contribution >= 0.6 is 38.5 Å². The average Bonchev–Trinajstić information content (AvgIpc) is 3.12. The Hall–Kier alpha value is -2.45. The van der Waals surface area contributed by atoms with E-state index in [1.807, 2.05) is 54.6 Å². The number of oxazole rings is 1. The third kappa shape index (κ3) is 4.34. The highest BCUT2D eigenvalue weighted by molar-refractivity contribution is 14.1. The van der Waals surface area contributed by atoms with E-state index in [-0.39, 0.29) is 5.91 Å². The predicted molar refractivity (Wildman–Crippen MR) is 124 cm³/mol. The molecular formula is C22H14BrIN2O2. The highest BCUT2D eigenvalue weighted by Crippen LogP contribution is 2.32. The molecule has 0 aliphatic rings. The van der Waals surface area contributed by atoms with Gasteiger partial charge in [-0.15, -0.1) is 0 Å². The second kappa shape index (κ2) is 8.28. The zero-order chi connectivity index (χ0) is 19.5. The molecule has 4 aromatic rings. The molecule has 1 heterocycles. The van der Waals surface area contributed by atoms with E-state index >= 15 is 0 Å². The number of carbonyl (C=O) groups excluding carboxylic acids is 1. The number of nitrogens with zero attached hydrogens (tertiary/aromatic N) is 1. The van der Waals surface area contributed by atoms with E-state index in [9.17, 15) is 4.79 Å². The van der Waals surface area contributed by atoms with Crippen molar-refractivity contribution in [2.45, 2.75) is 0 Å². The minimum atomic E-state index is -0.202. The van der Waals surface area contributed by atoms with Gasteiger partial charge < -0.3 is 9.73 Å². The first kappa shape index (κ1) is 18.9. The predicted octanol–water partition coefficient (Wildman–Crippen LogP) is 6.51. The van der Waals surface area contributed by atoms with Crippen LogP contribution < -0.4 is 5.32 Å². The minimum Gasteiger partial charge on any atom is -0.436 e. The smallest absolute Gasteiger partial charge is 0.248 e. The van der Waals surface area contributed by atoms with Gasteiger partial charge in [0.25, 0.3) is 0 Å². The molecule has 0 spiro atoms. The Morgan fingerprint density at radius 1 is 1.07 bits per heavy atom. The number of hydrogen-bond acceptors (Lipinski definition) is 3. The van der Waals surface area contributed by atoms with Crippen molar-refractivity contribution in [3.05, 3.63) is 86.4 Å². The quantitative estimate of drug-likeness (QED) is 0.235. The molecular weight excluding hydrogens is 531 g/mol. The maximum absolute atomic E-state index is 12.2. The van der Waals surface area contributed by atoms with E-state index in [0.717, 1.165) is 19.2 Å². The summed E-state index contributed by atoms with van der Waals surface area (Å²) in [7, 11) is 0. The number of halogens is 2. The molecule has 0 atom stereocenters. The van der Waals surface area contributed by atoms with Gasteiger partial charge in [0.05, 0.1) is 5.56 Å². The summed E-state index contributed by atoms with van der Waals surface area (Å²) in [5.74, 6) is 0.333. The fraction of sp³-hybridized carbons (Fsp3) is 0. The van der Waals surface area contributed by atoms with Crippen LogP contribution in [0, 0.1) is 3.57 Å². The molecule has 4 nitrogen and oxygen atoms in total. The van der Waals surface area contributed by atoms with Gasteiger partial charge in [0.2, 0.25) is 11.8 Å². The lowest BCUT2D eigenvalue weighted by Crippen LogP contribution is -2.07. The van der Waals surface area contributed by atoms with Crippen molar-refractivity contribution in [1.82, 2.24) is 4.98 Å². The summed E-state index contributed by atoms with van der Waals surface area (Å²) in [6.07, 6.45) is 3.29. The standard InChI is InChI=1S/C22H14BrIN2O2/c23-18-9-7-15(24)12-17(18)22-26-19-13-16(8-10-20(19)28-22)25-21(27)11-6-14-4-2-1-3-5-14/h1-13H,(H,25,27). The summed E-state index contributed by atoms with van der Waals surface area (Å²) in [6.45, 7) is 0. The summed E-state index contributed by atoms with van der Waals surface area (Å²) >= 11 is 5.79. The topological polar surface area (TPSA) is 55.1 Å². The van der Waals surface area contributed by atoms with Gasteiger partial charge in [-0.1, -0.05) is 30.3 Å². The number of carbonyl (C=O) groups is 1. The Bertz CT molecular complexity index is 1190. The van der Waals surface area contributed by atoms with Gasteiger partial charge >= 0.3 is 0 Å². The van der Waals surface area contributed by atoms with Crippen molar-refractivity contribution in [2.24, 2.45) is 0 Å². The minimum absolute atomic E-state index is 0.202. The molecule has 3 aromatic carbocycles. The largest absolute Gasteiger partial charge is 0.436 e. The molecule has 0 saturated heterocycles. The molecule has 0 fully saturated rings.